The number of rotatable bonds is 4. The van der Waals surface area contributed by atoms with Gasteiger partial charge in [-0.05, 0) is 12.8 Å². The quantitative estimate of drug-likeness (QED) is 0.502. The van der Waals surface area contributed by atoms with Gasteiger partial charge in [-0.3, -0.25) is 5.43 Å². The largest absolute Gasteiger partial charge is 0.292 e. The van der Waals surface area contributed by atoms with Crippen molar-refractivity contribution in [1.82, 2.24) is 9.97 Å². The molecule has 1 aromatic rings. The zero-order valence-electron chi connectivity index (χ0n) is 8.26. The molecule has 0 saturated heterocycles. The Morgan fingerprint density at radius 2 is 1.80 bits per heavy atom. The minimum absolute atomic E-state index is 0. The average Bonchev–Trinajstić information content (AvgIpc) is 2.16. The van der Waals surface area contributed by atoms with Crippen LogP contribution in [-0.2, 0) is 6.42 Å². The first kappa shape index (κ1) is 14.7. The van der Waals surface area contributed by atoms with Crippen LogP contribution in [0.5, 0.6) is 0 Å². The lowest BCUT2D eigenvalue weighted by molar-refractivity contribution is 0.788. The van der Waals surface area contributed by atoms with E-state index in [9.17, 15) is 0 Å². The number of anilines is 1. The fourth-order valence-electron chi connectivity index (χ4n) is 1.06. The van der Waals surface area contributed by atoms with Gasteiger partial charge in [-0.2, -0.15) is 9.97 Å². The minimum Gasteiger partial charge on any atom is -0.292 e. The summed E-state index contributed by atoms with van der Waals surface area (Å²) in [7, 11) is 0. The molecule has 0 amide bonds. The summed E-state index contributed by atoms with van der Waals surface area (Å²) < 4.78 is 0. The van der Waals surface area contributed by atoms with Crippen LogP contribution in [0, 0.1) is 0 Å². The topological polar surface area (TPSA) is 63.8 Å². The van der Waals surface area contributed by atoms with Crippen LogP contribution in [0.3, 0.4) is 0 Å². The van der Waals surface area contributed by atoms with Crippen molar-refractivity contribution in [2.24, 2.45) is 5.84 Å². The predicted octanol–water partition coefficient (Wildman–Crippen LogP) is 2.83. The van der Waals surface area contributed by atoms with Crippen LogP contribution in [0.25, 0.3) is 0 Å². The Kier molecular flexibility index (Phi) is 6.92. The van der Waals surface area contributed by atoms with Crippen molar-refractivity contribution in [3.63, 3.8) is 0 Å². The van der Waals surface area contributed by atoms with Crippen molar-refractivity contribution >= 4 is 41.6 Å². The molecule has 0 saturated carbocycles. The Balaban J connectivity index is 0.00000196. The summed E-state index contributed by atoms with van der Waals surface area (Å²) in [6.45, 7) is 2.10. The number of nitrogens with one attached hydrogen (secondary N) is 1. The molecule has 1 aromatic heterocycles. The van der Waals surface area contributed by atoms with Gasteiger partial charge in [0.25, 0.3) is 0 Å². The molecule has 0 aliphatic carbocycles. The van der Waals surface area contributed by atoms with Crippen LogP contribution in [0.15, 0.2) is 0 Å². The van der Waals surface area contributed by atoms with Gasteiger partial charge in [-0.15, -0.1) is 12.4 Å². The Bertz CT molecular complexity index is 296. The highest BCUT2D eigenvalue weighted by atomic mass is 35.5. The molecule has 0 radical (unpaired) electrons. The summed E-state index contributed by atoms with van der Waals surface area (Å²) in [4.78, 5) is 7.88. The maximum absolute atomic E-state index is 5.92. The van der Waals surface area contributed by atoms with E-state index in [1.165, 1.54) is 0 Å². The smallest absolute Gasteiger partial charge is 0.239 e. The van der Waals surface area contributed by atoms with E-state index in [-0.39, 0.29) is 18.4 Å². The summed E-state index contributed by atoms with van der Waals surface area (Å²) >= 11 is 11.8. The standard InChI is InChI=1S/C8H12Cl2N4.ClH/c1-2-3-4-5-6(9)12-8(14-11)13-7(5)10;/h2-4,11H2,1H3,(H,12,13,14);1H. The fraction of sp³-hybridized carbons (Fsp3) is 0.500. The third-order valence-electron chi connectivity index (χ3n) is 1.82. The molecule has 86 valence electrons. The molecule has 0 bridgehead atoms. The van der Waals surface area contributed by atoms with E-state index >= 15 is 0 Å². The molecule has 7 heteroatoms. The Morgan fingerprint density at radius 1 is 1.27 bits per heavy atom. The lowest BCUT2D eigenvalue weighted by atomic mass is 10.1. The number of nitrogens with zero attached hydrogens (tertiary/aromatic N) is 2. The third kappa shape index (κ3) is 3.99. The number of unbranched alkanes of at least 4 members (excludes halogenated alkanes) is 1. The summed E-state index contributed by atoms with van der Waals surface area (Å²) in [6.07, 6.45) is 2.88. The summed E-state index contributed by atoms with van der Waals surface area (Å²) in [5.74, 6) is 5.38. The number of hydrogen-bond donors (Lipinski definition) is 2. The zero-order valence-corrected chi connectivity index (χ0v) is 10.6. The lowest BCUT2D eigenvalue weighted by Crippen LogP contribution is -2.11. The molecule has 3 N–H and O–H groups in total. The van der Waals surface area contributed by atoms with Crippen LogP contribution in [0.2, 0.25) is 10.3 Å². The number of hydrogen-bond acceptors (Lipinski definition) is 4. The molecule has 1 rings (SSSR count). The van der Waals surface area contributed by atoms with E-state index in [1.807, 2.05) is 0 Å². The van der Waals surface area contributed by atoms with E-state index in [0.717, 1.165) is 24.8 Å². The summed E-state index contributed by atoms with van der Waals surface area (Å²) in [6, 6.07) is 0. The molecule has 15 heavy (non-hydrogen) atoms. The van der Waals surface area contributed by atoms with Crippen molar-refractivity contribution in [2.75, 3.05) is 5.43 Å². The second-order valence-corrected chi connectivity index (χ2v) is 3.57. The van der Waals surface area contributed by atoms with Gasteiger partial charge in [0.15, 0.2) is 0 Å². The molecular weight excluding hydrogens is 258 g/mol. The van der Waals surface area contributed by atoms with Gasteiger partial charge >= 0.3 is 0 Å². The second kappa shape index (κ2) is 7.06. The normalized spacial score (nSPS) is 9.60. The number of nitrogens with two attached hydrogens (primary N) is 1. The maximum atomic E-state index is 5.92. The highest BCUT2D eigenvalue weighted by Crippen LogP contribution is 2.24. The first-order chi connectivity index (χ1) is 6.69. The van der Waals surface area contributed by atoms with E-state index < -0.39 is 0 Å². The van der Waals surface area contributed by atoms with Crippen molar-refractivity contribution in [1.29, 1.82) is 0 Å². The van der Waals surface area contributed by atoms with Gasteiger partial charge in [0.1, 0.15) is 10.3 Å². The monoisotopic (exact) mass is 270 g/mol. The number of halogens is 3. The van der Waals surface area contributed by atoms with Crippen LogP contribution in [0.4, 0.5) is 5.95 Å². The van der Waals surface area contributed by atoms with E-state index in [2.05, 4.69) is 22.3 Å². The SMILES string of the molecule is CCCCc1c(Cl)nc(NN)nc1Cl.Cl. The number of hydrazine groups is 1. The summed E-state index contributed by atoms with van der Waals surface area (Å²) in [5, 5.41) is 0.734. The van der Waals surface area contributed by atoms with Crippen LogP contribution >= 0.6 is 35.6 Å². The molecule has 0 aliphatic rings. The second-order valence-electron chi connectivity index (χ2n) is 2.86. The molecule has 0 unspecified atom stereocenters. The van der Waals surface area contributed by atoms with Gasteiger partial charge in [0.05, 0.1) is 0 Å². The predicted molar refractivity (Wildman–Crippen MR) is 65.7 cm³/mol. The molecule has 0 spiro atoms. The van der Waals surface area contributed by atoms with E-state index in [1.54, 1.807) is 0 Å². The van der Waals surface area contributed by atoms with Crippen LogP contribution < -0.4 is 11.3 Å². The summed E-state index contributed by atoms with van der Waals surface area (Å²) in [5.41, 5.74) is 3.09. The third-order valence-corrected chi connectivity index (χ3v) is 2.44. The van der Waals surface area contributed by atoms with Crippen LogP contribution in [0.1, 0.15) is 25.3 Å². The average molecular weight is 272 g/mol. The molecule has 0 fully saturated rings. The van der Waals surface area contributed by atoms with Crippen molar-refractivity contribution < 1.29 is 0 Å². The van der Waals surface area contributed by atoms with Gasteiger partial charge < -0.3 is 0 Å². The zero-order chi connectivity index (χ0) is 10.6. The molecule has 0 aromatic carbocycles. The van der Waals surface area contributed by atoms with Crippen molar-refractivity contribution in [3.05, 3.63) is 15.9 Å². The Morgan fingerprint density at radius 3 is 2.20 bits per heavy atom. The van der Waals surface area contributed by atoms with E-state index in [4.69, 9.17) is 29.0 Å². The molecule has 0 atom stereocenters. The van der Waals surface area contributed by atoms with Gasteiger partial charge in [-0.1, -0.05) is 36.5 Å². The molecule has 0 aliphatic heterocycles. The first-order valence-corrected chi connectivity index (χ1v) is 5.13. The Labute approximate surface area is 105 Å². The highest BCUT2D eigenvalue weighted by molar-refractivity contribution is 6.34. The highest BCUT2D eigenvalue weighted by Gasteiger charge is 2.10. The van der Waals surface area contributed by atoms with Gasteiger partial charge in [-0.25, -0.2) is 5.84 Å². The van der Waals surface area contributed by atoms with Gasteiger partial charge in [0, 0.05) is 5.56 Å². The molecule has 1 heterocycles. The molecule has 4 nitrogen and oxygen atoms in total. The Hall–Kier alpha value is -0.290. The minimum atomic E-state index is 0. The lowest BCUT2D eigenvalue weighted by Gasteiger charge is -2.06. The van der Waals surface area contributed by atoms with Gasteiger partial charge in [0.2, 0.25) is 5.95 Å². The number of aromatic nitrogens is 2. The van der Waals surface area contributed by atoms with Crippen molar-refractivity contribution in [2.45, 2.75) is 26.2 Å². The first-order valence-electron chi connectivity index (χ1n) is 4.37. The van der Waals surface area contributed by atoms with Crippen molar-refractivity contribution in [3.8, 4) is 0 Å². The maximum Gasteiger partial charge on any atom is 0.239 e. The van der Waals surface area contributed by atoms with E-state index in [0.29, 0.717) is 10.3 Å². The molecular formula is C8H13Cl3N4. The van der Waals surface area contributed by atoms with Crippen LogP contribution in [-0.4, -0.2) is 9.97 Å². The fourth-order valence-corrected chi connectivity index (χ4v) is 1.63. The number of nitrogen functional groups attached to an aromatic ring is 1.